The van der Waals surface area contributed by atoms with Crippen LogP contribution in [-0.2, 0) is 23.3 Å². The highest BCUT2D eigenvalue weighted by molar-refractivity contribution is 7.99. The number of rotatable bonds is 8. The number of Topliss-reactive ketones (excluding diaryl/α,β-unsaturated/α-hetero) is 1. The van der Waals surface area contributed by atoms with E-state index in [2.05, 4.69) is 0 Å². The molecule has 38 heavy (non-hydrogen) atoms. The fourth-order valence-corrected chi connectivity index (χ4v) is 5.91. The summed E-state index contributed by atoms with van der Waals surface area (Å²) in [6.07, 6.45) is -9.89. The number of carbonyl (C=O) groups excluding carboxylic acids is 1. The summed E-state index contributed by atoms with van der Waals surface area (Å²) in [6.45, 7) is 5.98. The maximum atomic E-state index is 14.2. The molecule has 3 rings (SSSR count). The van der Waals surface area contributed by atoms with Crippen LogP contribution in [-0.4, -0.2) is 29.0 Å². The van der Waals surface area contributed by atoms with E-state index in [1.54, 1.807) is 0 Å². The lowest BCUT2D eigenvalue weighted by atomic mass is 9.79. The molecule has 0 heterocycles. The van der Waals surface area contributed by atoms with E-state index in [-0.39, 0.29) is 23.9 Å². The van der Waals surface area contributed by atoms with Crippen molar-refractivity contribution >= 4 is 23.1 Å². The monoisotopic (exact) mass is 562 g/mol. The molecule has 1 N–H and O–H groups in total. The van der Waals surface area contributed by atoms with Gasteiger partial charge in [0.1, 0.15) is 5.76 Å². The SMILES string of the molecule is CCc1cc(C)cc(CC)c1C1=C(O)CC(CCSc2ccc(C(F)(C(F)(F)F)C(F)(F)F)cc2)CC1=O. The lowest BCUT2D eigenvalue weighted by molar-refractivity contribution is -0.348. The first kappa shape index (κ1) is 30.1. The van der Waals surface area contributed by atoms with Crippen molar-refractivity contribution in [2.45, 2.75) is 75.8 Å². The largest absolute Gasteiger partial charge is 0.512 e. The quantitative estimate of drug-likeness (QED) is 0.258. The number of aryl methyl sites for hydroxylation is 3. The van der Waals surface area contributed by atoms with Gasteiger partial charge in [0.15, 0.2) is 5.78 Å². The molecule has 2 aromatic carbocycles. The standard InChI is InChI=1S/C28H29F7O2S/c1-4-18-12-16(3)13-19(5-2)24(18)25-22(36)14-17(15-23(25)37)10-11-38-21-8-6-20(7-9-21)26(29,27(30,31)32)28(33,34)35/h6-9,12-13,17,36H,4-5,10-11,14-15H2,1-3H3. The molecule has 0 fully saturated rings. The minimum absolute atomic E-state index is 0.0347. The van der Waals surface area contributed by atoms with Gasteiger partial charge in [0, 0.05) is 23.3 Å². The Balaban J connectivity index is 1.70. The molecule has 0 aromatic heterocycles. The number of carbonyl (C=O) groups is 1. The molecule has 1 aliphatic rings. The van der Waals surface area contributed by atoms with Crippen LogP contribution in [0.2, 0.25) is 0 Å². The third-order valence-electron chi connectivity index (χ3n) is 6.81. The Kier molecular flexibility index (Phi) is 8.95. The Morgan fingerprint density at radius 3 is 1.87 bits per heavy atom. The molecule has 1 unspecified atom stereocenters. The van der Waals surface area contributed by atoms with Crippen LogP contribution in [0.3, 0.4) is 0 Å². The number of hydrogen-bond donors (Lipinski definition) is 1. The van der Waals surface area contributed by atoms with E-state index in [1.165, 1.54) is 11.8 Å². The highest BCUT2D eigenvalue weighted by atomic mass is 32.2. The van der Waals surface area contributed by atoms with Gasteiger partial charge >= 0.3 is 18.0 Å². The van der Waals surface area contributed by atoms with Crippen molar-refractivity contribution in [3.8, 4) is 0 Å². The lowest BCUT2D eigenvalue weighted by Gasteiger charge is -2.30. The van der Waals surface area contributed by atoms with Crippen LogP contribution in [0.15, 0.2) is 47.1 Å². The van der Waals surface area contributed by atoms with Gasteiger partial charge in [0.2, 0.25) is 0 Å². The van der Waals surface area contributed by atoms with E-state index < -0.39 is 23.6 Å². The van der Waals surface area contributed by atoms with Crippen molar-refractivity contribution < 1.29 is 40.6 Å². The molecule has 0 aliphatic heterocycles. The summed E-state index contributed by atoms with van der Waals surface area (Å²) < 4.78 is 91.9. The summed E-state index contributed by atoms with van der Waals surface area (Å²) in [5.41, 5.74) is -2.73. The Hall–Kier alpha value is -2.49. The van der Waals surface area contributed by atoms with Crippen LogP contribution in [0.5, 0.6) is 0 Å². The summed E-state index contributed by atoms with van der Waals surface area (Å²) in [5.74, 6) is 0.129. The molecule has 0 radical (unpaired) electrons. The smallest absolute Gasteiger partial charge is 0.435 e. The third-order valence-corrected chi connectivity index (χ3v) is 7.85. The fraction of sp³-hybridized carbons (Fsp3) is 0.464. The lowest BCUT2D eigenvalue weighted by Crippen LogP contribution is -2.50. The summed E-state index contributed by atoms with van der Waals surface area (Å²) >= 11 is 1.17. The maximum absolute atomic E-state index is 14.2. The van der Waals surface area contributed by atoms with Gasteiger partial charge in [-0.25, -0.2) is 4.39 Å². The average molecular weight is 563 g/mol. The second kappa shape index (κ2) is 11.3. The predicted octanol–water partition coefficient (Wildman–Crippen LogP) is 8.84. The number of halogens is 7. The first-order chi connectivity index (χ1) is 17.6. The normalized spacial score (nSPS) is 17.3. The molecule has 0 bridgehead atoms. The Bertz CT molecular complexity index is 1160. The molecule has 10 heteroatoms. The molecular formula is C28H29F7O2S. The molecule has 1 atom stereocenters. The number of allylic oxidation sites excluding steroid dienone is 2. The van der Waals surface area contributed by atoms with Crippen molar-refractivity contribution in [2.75, 3.05) is 5.75 Å². The number of alkyl halides is 7. The highest BCUT2D eigenvalue weighted by Crippen LogP contribution is 2.53. The van der Waals surface area contributed by atoms with Gasteiger partial charge in [-0.2, -0.15) is 26.3 Å². The Morgan fingerprint density at radius 2 is 1.42 bits per heavy atom. The summed E-state index contributed by atoms with van der Waals surface area (Å²) in [4.78, 5) is 13.5. The molecule has 208 valence electrons. The van der Waals surface area contributed by atoms with Crippen LogP contribution in [0.25, 0.3) is 5.57 Å². The van der Waals surface area contributed by atoms with Gasteiger partial charge in [-0.05, 0) is 66.7 Å². The van der Waals surface area contributed by atoms with Crippen molar-refractivity contribution in [1.82, 2.24) is 0 Å². The van der Waals surface area contributed by atoms with Gasteiger partial charge < -0.3 is 5.11 Å². The van der Waals surface area contributed by atoms with E-state index in [4.69, 9.17) is 0 Å². The van der Waals surface area contributed by atoms with E-state index in [1.807, 2.05) is 32.9 Å². The van der Waals surface area contributed by atoms with Crippen molar-refractivity contribution in [3.63, 3.8) is 0 Å². The maximum Gasteiger partial charge on any atom is 0.435 e. The van der Waals surface area contributed by atoms with Gasteiger partial charge in [-0.1, -0.05) is 43.7 Å². The van der Waals surface area contributed by atoms with Crippen molar-refractivity contribution in [1.29, 1.82) is 0 Å². The number of ketones is 1. The van der Waals surface area contributed by atoms with Crippen LogP contribution in [0, 0.1) is 12.8 Å². The summed E-state index contributed by atoms with van der Waals surface area (Å²) in [6, 6.07) is 7.06. The molecule has 0 spiro atoms. The van der Waals surface area contributed by atoms with Crippen LogP contribution in [0.1, 0.15) is 60.9 Å². The second-order valence-electron chi connectivity index (χ2n) is 9.50. The topological polar surface area (TPSA) is 37.3 Å². The molecule has 0 saturated carbocycles. The molecule has 2 aromatic rings. The van der Waals surface area contributed by atoms with E-state index in [0.717, 1.165) is 34.4 Å². The molecule has 0 saturated heterocycles. The first-order valence-electron chi connectivity index (χ1n) is 12.3. The zero-order valence-electron chi connectivity index (χ0n) is 21.2. The van der Waals surface area contributed by atoms with Crippen LogP contribution < -0.4 is 0 Å². The van der Waals surface area contributed by atoms with E-state index in [0.29, 0.717) is 54.0 Å². The van der Waals surface area contributed by atoms with Crippen LogP contribution >= 0.6 is 11.8 Å². The summed E-state index contributed by atoms with van der Waals surface area (Å²) in [5, 5.41) is 10.9. The number of aliphatic hydroxyl groups excluding tert-OH is 1. The van der Waals surface area contributed by atoms with Gasteiger partial charge in [0.05, 0.1) is 5.57 Å². The number of benzene rings is 2. The minimum Gasteiger partial charge on any atom is -0.512 e. The van der Waals surface area contributed by atoms with E-state index in [9.17, 15) is 40.6 Å². The molecule has 0 amide bonds. The Morgan fingerprint density at radius 1 is 0.895 bits per heavy atom. The molecular weight excluding hydrogens is 533 g/mol. The number of hydrogen-bond acceptors (Lipinski definition) is 3. The number of thioether (sulfide) groups is 1. The zero-order valence-corrected chi connectivity index (χ0v) is 22.0. The zero-order chi connectivity index (χ0) is 28.5. The average Bonchev–Trinajstić information content (AvgIpc) is 2.82. The van der Waals surface area contributed by atoms with Gasteiger partial charge in [-0.15, -0.1) is 11.8 Å². The van der Waals surface area contributed by atoms with Gasteiger partial charge in [-0.3, -0.25) is 4.79 Å². The van der Waals surface area contributed by atoms with Gasteiger partial charge in [0.25, 0.3) is 0 Å². The Labute approximate surface area is 221 Å². The third kappa shape index (κ3) is 5.90. The van der Waals surface area contributed by atoms with Crippen LogP contribution in [0.4, 0.5) is 30.7 Å². The highest BCUT2D eigenvalue weighted by Gasteiger charge is 2.73. The minimum atomic E-state index is -6.16. The predicted molar refractivity (Wildman–Crippen MR) is 134 cm³/mol. The summed E-state index contributed by atoms with van der Waals surface area (Å²) in [7, 11) is 0. The molecule has 1 aliphatic carbocycles. The first-order valence-corrected chi connectivity index (χ1v) is 13.3. The van der Waals surface area contributed by atoms with Crippen molar-refractivity contribution in [3.05, 3.63) is 70.0 Å². The second-order valence-corrected chi connectivity index (χ2v) is 10.7. The van der Waals surface area contributed by atoms with Crippen molar-refractivity contribution in [2.24, 2.45) is 5.92 Å². The van der Waals surface area contributed by atoms with E-state index >= 15 is 0 Å². The number of aliphatic hydroxyl groups is 1. The molecule has 2 nitrogen and oxygen atoms in total. The fourth-order valence-electron chi connectivity index (χ4n) is 4.89.